The van der Waals surface area contributed by atoms with E-state index in [-0.39, 0.29) is 10.8 Å². The molecule has 1 heterocycles. The van der Waals surface area contributed by atoms with E-state index >= 15 is 0 Å². The standard InChI is InChI=1S/C16H24ClFN2/c1-3-5-14-11-20(12(2)8-9-19-14)10-13-6-4-7-15(18)16(13)17/h4,6-7,12,14,19H,3,5,8-11H2,1-2H3. The largest absolute Gasteiger partial charge is 0.313 e. The molecule has 0 amide bonds. The van der Waals surface area contributed by atoms with Gasteiger partial charge in [0.25, 0.3) is 0 Å². The normalized spacial score (nSPS) is 24.6. The Balaban J connectivity index is 2.10. The predicted molar refractivity (Wildman–Crippen MR) is 82.6 cm³/mol. The molecule has 0 saturated carbocycles. The van der Waals surface area contributed by atoms with Gasteiger partial charge >= 0.3 is 0 Å². The average Bonchev–Trinajstić information content (AvgIpc) is 2.58. The summed E-state index contributed by atoms with van der Waals surface area (Å²) < 4.78 is 13.5. The summed E-state index contributed by atoms with van der Waals surface area (Å²) in [4.78, 5) is 2.42. The molecule has 2 rings (SSSR count). The van der Waals surface area contributed by atoms with Crippen LogP contribution in [0.4, 0.5) is 4.39 Å². The lowest BCUT2D eigenvalue weighted by Gasteiger charge is -2.29. The number of nitrogens with zero attached hydrogens (tertiary/aromatic N) is 1. The Morgan fingerprint density at radius 2 is 2.25 bits per heavy atom. The molecule has 20 heavy (non-hydrogen) atoms. The van der Waals surface area contributed by atoms with Gasteiger partial charge in [-0.15, -0.1) is 0 Å². The van der Waals surface area contributed by atoms with Crippen LogP contribution in [0.2, 0.25) is 5.02 Å². The predicted octanol–water partition coefficient (Wildman–Crippen LogP) is 3.83. The average molecular weight is 299 g/mol. The second-order valence-corrected chi connectivity index (χ2v) is 6.10. The van der Waals surface area contributed by atoms with Crippen LogP contribution >= 0.6 is 11.6 Å². The number of nitrogens with one attached hydrogen (secondary N) is 1. The maximum Gasteiger partial charge on any atom is 0.142 e. The smallest absolute Gasteiger partial charge is 0.142 e. The third-order valence-electron chi connectivity index (χ3n) is 4.12. The molecule has 2 atom stereocenters. The second-order valence-electron chi connectivity index (χ2n) is 5.72. The van der Waals surface area contributed by atoms with Gasteiger partial charge in [0.2, 0.25) is 0 Å². The molecule has 1 saturated heterocycles. The maximum absolute atomic E-state index is 13.5. The molecule has 1 aromatic carbocycles. The fourth-order valence-corrected chi connectivity index (χ4v) is 3.04. The Morgan fingerprint density at radius 3 is 3.00 bits per heavy atom. The molecule has 2 nitrogen and oxygen atoms in total. The molecular formula is C16H24ClFN2. The van der Waals surface area contributed by atoms with Gasteiger partial charge in [0, 0.05) is 25.2 Å². The maximum atomic E-state index is 13.5. The van der Waals surface area contributed by atoms with Crippen molar-refractivity contribution in [3.8, 4) is 0 Å². The highest BCUT2D eigenvalue weighted by atomic mass is 35.5. The van der Waals surface area contributed by atoms with Gasteiger partial charge in [-0.25, -0.2) is 4.39 Å². The summed E-state index contributed by atoms with van der Waals surface area (Å²) in [7, 11) is 0. The molecule has 0 aromatic heterocycles. The molecule has 2 unspecified atom stereocenters. The summed E-state index contributed by atoms with van der Waals surface area (Å²) in [6.07, 6.45) is 3.48. The van der Waals surface area contributed by atoms with Gasteiger partial charge < -0.3 is 5.32 Å². The summed E-state index contributed by atoms with van der Waals surface area (Å²) in [6, 6.07) is 6.09. The lowest BCUT2D eigenvalue weighted by atomic mass is 10.1. The van der Waals surface area contributed by atoms with Gasteiger partial charge in [-0.1, -0.05) is 37.1 Å². The number of hydrogen-bond acceptors (Lipinski definition) is 2. The van der Waals surface area contributed by atoms with Crippen LogP contribution in [0.3, 0.4) is 0 Å². The number of hydrogen-bond donors (Lipinski definition) is 1. The van der Waals surface area contributed by atoms with Crippen molar-refractivity contribution in [3.63, 3.8) is 0 Å². The van der Waals surface area contributed by atoms with Crippen molar-refractivity contribution in [1.29, 1.82) is 0 Å². The fraction of sp³-hybridized carbons (Fsp3) is 0.625. The first-order chi connectivity index (χ1) is 9.61. The molecule has 4 heteroatoms. The van der Waals surface area contributed by atoms with Crippen LogP contribution in [-0.4, -0.2) is 30.1 Å². The first-order valence-corrected chi connectivity index (χ1v) is 7.90. The monoisotopic (exact) mass is 298 g/mol. The van der Waals surface area contributed by atoms with E-state index < -0.39 is 0 Å². The third kappa shape index (κ3) is 3.94. The Hall–Kier alpha value is -0.640. The second kappa shape index (κ2) is 7.39. The van der Waals surface area contributed by atoms with Crippen molar-refractivity contribution in [1.82, 2.24) is 10.2 Å². The highest BCUT2D eigenvalue weighted by Crippen LogP contribution is 2.23. The van der Waals surface area contributed by atoms with Crippen LogP contribution in [0.1, 0.15) is 38.7 Å². The van der Waals surface area contributed by atoms with Crippen molar-refractivity contribution in [2.24, 2.45) is 0 Å². The molecule has 1 aromatic rings. The van der Waals surface area contributed by atoms with Gasteiger partial charge in [-0.2, -0.15) is 0 Å². The topological polar surface area (TPSA) is 15.3 Å². The van der Waals surface area contributed by atoms with Crippen molar-refractivity contribution in [2.45, 2.75) is 51.7 Å². The van der Waals surface area contributed by atoms with Gasteiger partial charge in [0.15, 0.2) is 0 Å². The van der Waals surface area contributed by atoms with Crippen molar-refractivity contribution in [3.05, 3.63) is 34.6 Å². The number of benzene rings is 1. The summed E-state index contributed by atoms with van der Waals surface area (Å²) >= 11 is 6.08. The van der Waals surface area contributed by atoms with E-state index in [0.29, 0.717) is 12.1 Å². The fourth-order valence-electron chi connectivity index (χ4n) is 2.86. The Kier molecular flexibility index (Phi) is 5.82. The Labute approximate surface area is 126 Å². The minimum absolute atomic E-state index is 0.268. The molecule has 1 aliphatic rings. The van der Waals surface area contributed by atoms with Crippen LogP contribution in [0.5, 0.6) is 0 Å². The van der Waals surface area contributed by atoms with E-state index in [1.165, 1.54) is 18.9 Å². The molecular weight excluding hydrogens is 275 g/mol. The van der Waals surface area contributed by atoms with Crippen LogP contribution in [0.15, 0.2) is 18.2 Å². The van der Waals surface area contributed by atoms with Crippen LogP contribution < -0.4 is 5.32 Å². The molecule has 0 aliphatic carbocycles. The van der Waals surface area contributed by atoms with Gasteiger partial charge in [-0.05, 0) is 37.9 Å². The number of rotatable bonds is 4. The van der Waals surface area contributed by atoms with Gasteiger partial charge in [0.05, 0.1) is 5.02 Å². The molecule has 112 valence electrons. The van der Waals surface area contributed by atoms with Gasteiger partial charge in [0.1, 0.15) is 5.82 Å². The highest BCUT2D eigenvalue weighted by molar-refractivity contribution is 6.31. The Bertz CT molecular complexity index is 438. The highest BCUT2D eigenvalue weighted by Gasteiger charge is 2.23. The zero-order chi connectivity index (χ0) is 14.5. The molecule has 1 aliphatic heterocycles. The lowest BCUT2D eigenvalue weighted by molar-refractivity contribution is 0.193. The van der Waals surface area contributed by atoms with Crippen molar-refractivity contribution >= 4 is 11.6 Å². The first-order valence-electron chi connectivity index (χ1n) is 7.52. The van der Waals surface area contributed by atoms with Crippen molar-refractivity contribution in [2.75, 3.05) is 13.1 Å². The van der Waals surface area contributed by atoms with Crippen molar-refractivity contribution < 1.29 is 4.39 Å². The van der Waals surface area contributed by atoms with Crippen LogP contribution in [-0.2, 0) is 6.54 Å². The summed E-state index contributed by atoms with van der Waals surface area (Å²) in [5, 5.41) is 3.87. The molecule has 1 fully saturated rings. The zero-order valence-corrected chi connectivity index (χ0v) is 13.1. The zero-order valence-electron chi connectivity index (χ0n) is 12.3. The van der Waals surface area contributed by atoms with Gasteiger partial charge in [-0.3, -0.25) is 4.90 Å². The number of halogens is 2. The molecule has 0 spiro atoms. The molecule has 0 bridgehead atoms. The third-order valence-corrected chi connectivity index (χ3v) is 4.54. The van der Waals surface area contributed by atoms with E-state index in [1.54, 1.807) is 6.07 Å². The summed E-state index contributed by atoms with van der Waals surface area (Å²) in [6.45, 7) is 7.23. The van der Waals surface area contributed by atoms with E-state index in [0.717, 1.165) is 31.6 Å². The van der Waals surface area contributed by atoms with Crippen LogP contribution in [0, 0.1) is 5.82 Å². The Morgan fingerprint density at radius 1 is 1.45 bits per heavy atom. The minimum Gasteiger partial charge on any atom is -0.313 e. The lowest BCUT2D eigenvalue weighted by Crippen LogP contribution is -2.39. The summed E-state index contributed by atoms with van der Waals surface area (Å²) in [5.74, 6) is -0.324. The minimum atomic E-state index is -0.324. The van der Waals surface area contributed by atoms with E-state index in [4.69, 9.17) is 11.6 Å². The molecule has 0 radical (unpaired) electrons. The van der Waals surface area contributed by atoms with E-state index in [9.17, 15) is 4.39 Å². The summed E-state index contributed by atoms with van der Waals surface area (Å²) in [5.41, 5.74) is 0.885. The SMILES string of the molecule is CCCC1CN(Cc2cccc(F)c2Cl)C(C)CCN1. The first kappa shape index (κ1) is 15.7. The molecule has 1 N–H and O–H groups in total. The van der Waals surface area contributed by atoms with E-state index in [2.05, 4.69) is 24.1 Å². The van der Waals surface area contributed by atoms with Crippen LogP contribution in [0.25, 0.3) is 0 Å². The quantitative estimate of drug-likeness (QED) is 0.909. The van der Waals surface area contributed by atoms with E-state index in [1.807, 2.05) is 6.07 Å².